The first-order valence-corrected chi connectivity index (χ1v) is 13.6. The van der Waals surface area contributed by atoms with Crippen molar-refractivity contribution in [3.05, 3.63) is 59.9 Å². The summed E-state index contributed by atoms with van der Waals surface area (Å²) >= 11 is 0. The highest BCUT2D eigenvalue weighted by molar-refractivity contribution is 5.68. The Morgan fingerprint density at radius 3 is 1.98 bits per heavy atom. The Morgan fingerprint density at radius 2 is 1.36 bits per heavy atom. The zero-order chi connectivity index (χ0) is 30.5. The second kappa shape index (κ2) is 16.4. The van der Waals surface area contributed by atoms with Gasteiger partial charge in [-0.15, -0.1) is 0 Å². The average molecular weight is 588 g/mol. The molecule has 12 heteroatoms. The van der Waals surface area contributed by atoms with E-state index in [1.54, 1.807) is 12.4 Å². The summed E-state index contributed by atoms with van der Waals surface area (Å²) < 4.78 is 39.0. The molecule has 1 aliphatic rings. The lowest BCUT2D eigenvalue weighted by atomic mass is 9.98. The van der Waals surface area contributed by atoms with E-state index in [1.165, 1.54) is 27.7 Å². The monoisotopic (exact) mass is 587 g/mol. The maximum absolute atomic E-state index is 11.9. The molecule has 1 saturated heterocycles. The van der Waals surface area contributed by atoms with Gasteiger partial charge in [0.2, 0.25) is 0 Å². The molecule has 5 unspecified atom stereocenters. The van der Waals surface area contributed by atoms with Gasteiger partial charge in [0.25, 0.3) is 0 Å². The number of esters is 4. The molecule has 0 aliphatic carbocycles. The van der Waals surface area contributed by atoms with Crippen molar-refractivity contribution in [2.45, 2.75) is 84.3 Å². The molecule has 5 atom stereocenters. The number of aromatic nitrogens is 1. The van der Waals surface area contributed by atoms with Crippen molar-refractivity contribution in [2.75, 3.05) is 13.2 Å². The number of nitrogens with zero attached hydrogens (tertiary/aromatic N) is 1. The zero-order valence-corrected chi connectivity index (χ0v) is 24.2. The van der Waals surface area contributed by atoms with E-state index in [1.807, 2.05) is 36.4 Å². The van der Waals surface area contributed by atoms with Crippen LogP contribution in [0.5, 0.6) is 5.75 Å². The van der Waals surface area contributed by atoms with Gasteiger partial charge in [-0.1, -0.05) is 12.1 Å². The molecule has 0 N–H and O–H groups in total. The van der Waals surface area contributed by atoms with Gasteiger partial charge < -0.3 is 33.2 Å². The van der Waals surface area contributed by atoms with E-state index in [-0.39, 0.29) is 13.2 Å². The highest BCUT2D eigenvalue weighted by atomic mass is 16.7. The van der Waals surface area contributed by atoms with Gasteiger partial charge in [-0.05, 0) is 54.7 Å². The Hall–Kier alpha value is -4.03. The van der Waals surface area contributed by atoms with Crippen LogP contribution in [0.2, 0.25) is 0 Å². The Morgan fingerprint density at radius 1 is 0.738 bits per heavy atom. The smallest absolute Gasteiger partial charge is 0.303 e. The molecule has 42 heavy (non-hydrogen) atoms. The van der Waals surface area contributed by atoms with Crippen LogP contribution in [-0.4, -0.2) is 72.8 Å². The van der Waals surface area contributed by atoms with Gasteiger partial charge in [0.05, 0.1) is 0 Å². The van der Waals surface area contributed by atoms with Crippen LogP contribution < -0.4 is 4.74 Å². The van der Waals surface area contributed by atoms with Gasteiger partial charge in [0.1, 0.15) is 25.1 Å². The van der Waals surface area contributed by atoms with E-state index in [4.69, 9.17) is 33.2 Å². The van der Waals surface area contributed by atoms with Crippen LogP contribution in [0.1, 0.15) is 51.7 Å². The van der Waals surface area contributed by atoms with Crippen molar-refractivity contribution >= 4 is 23.9 Å². The number of benzene rings is 1. The third-order valence-electron chi connectivity index (χ3n) is 6.17. The summed E-state index contributed by atoms with van der Waals surface area (Å²) in [4.78, 5) is 51.1. The van der Waals surface area contributed by atoms with Crippen LogP contribution in [0.3, 0.4) is 0 Å². The molecular weight excluding hydrogens is 550 g/mol. The molecule has 228 valence electrons. The largest absolute Gasteiger partial charge is 0.489 e. The second-order valence-corrected chi connectivity index (χ2v) is 9.68. The van der Waals surface area contributed by atoms with Gasteiger partial charge >= 0.3 is 23.9 Å². The molecule has 0 spiro atoms. The number of carbonyl (C=O) groups excluding carboxylic acids is 4. The van der Waals surface area contributed by atoms with E-state index in [0.29, 0.717) is 13.0 Å². The second-order valence-electron chi connectivity index (χ2n) is 9.68. The van der Waals surface area contributed by atoms with Gasteiger partial charge in [-0.25, -0.2) is 0 Å². The number of hydrogen-bond acceptors (Lipinski definition) is 12. The first-order valence-electron chi connectivity index (χ1n) is 13.6. The SMILES string of the molecule is CC(=O)OCC1OC(OCCCCc2ccc(OCc3ccncc3)cc2)C(OC(C)=O)C(OC(C)=O)C1OC(C)=O. The number of ether oxygens (including phenoxy) is 7. The first kappa shape index (κ1) is 32.5. The average Bonchev–Trinajstić information content (AvgIpc) is 2.94. The van der Waals surface area contributed by atoms with Crippen molar-refractivity contribution < 1.29 is 52.3 Å². The summed E-state index contributed by atoms with van der Waals surface area (Å²) in [6.07, 6.45) is -0.281. The molecule has 1 aliphatic heterocycles. The maximum atomic E-state index is 11.9. The fraction of sp³-hybridized carbons (Fsp3) is 0.500. The van der Waals surface area contributed by atoms with Gasteiger partial charge in [-0.2, -0.15) is 0 Å². The Labute approximate surface area is 244 Å². The maximum Gasteiger partial charge on any atom is 0.303 e. The number of hydrogen-bond donors (Lipinski definition) is 0. The lowest BCUT2D eigenvalue weighted by Gasteiger charge is -2.44. The van der Waals surface area contributed by atoms with E-state index in [9.17, 15) is 19.2 Å². The van der Waals surface area contributed by atoms with E-state index >= 15 is 0 Å². The van der Waals surface area contributed by atoms with Crippen molar-refractivity contribution in [3.8, 4) is 5.75 Å². The number of aryl methyl sites for hydroxylation is 1. The molecular formula is C30H37NO11. The number of unbranched alkanes of at least 4 members (excludes halogenated alkanes) is 1. The number of pyridine rings is 1. The molecule has 0 saturated carbocycles. The third-order valence-corrected chi connectivity index (χ3v) is 6.17. The van der Waals surface area contributed by atoms with E-state index < -0.39 is 54.6 Å². The van der Waals surface area contributed by atoms with E-state index in [2.05, 4.69) is 4.98 Å². The normalized spacial score (nSPS) is 21.6. The highest BCUT2D eigenvalue weighted by Gasteiger charge is 2.52. The van der Waals surface area contributed by atoms with Crippen LogP contribution in [0.15, 0.2) is 48.8 Å². The first-order chi connectivity index (χ1) is 20.1. The van der Waals surface area contributed by atoms with Crippen LogP contribution >= 0.6 is 0 Å². The summed E-state index contributed by atoms with van der Waals surface area (Å²) in [7, 11) is 0. The molecule has 2 heterocycles. The number of carbonyl (C=O) groups is 4. The molecule has 1 aromatic heterocycles. The summed E-state index contributed by atoms with van der Waals surface area (Å²) in [5.41, 5.74) is 2.16. The predicted octanol–water partition coefficient (Wildman–Crippen LogP) is 3.08. The number of rotatable bonds is 14. The predicted molar refractivity (Wildman–Crippen MR) is 146 cm³/mol. The molecule has 1 aromatic carbocycles. The van der Waals surface area contributed by atoms with Crippen molar-refractivity contribution in [1.82, 2.24) is 4.98 Å². The fourth-order valence-corrected chi connectivity index (χ4v) is 4.35. The van der Waals surface area contributed by atoms with E-state index in [0.717, 1.165) is 29.7 Å². The summed E-state index contributed by atoms with van der Waals surface area (Å²) in [6.45, 7) is 5.11. The van der Waals surface area contributed by atoms with Gasteiger partial charge in [0.15, 0.2) is 24.6 Å². The summed E-state index contributed by atoms with van der Waals surface area (Å²) in [5.74, 6) is -1.89. The van der Waals surface area contributed by atoms with Gasteiger partial charge in [0, 0.05) is 46.7 Å². The minimum Gasteiger partial charge on any atom is -0.489 e. The summed E-state index contributed by atoms with van der Waals surface area (Å²) in [6, 6.07) is 11.6. The standard InChI is InChI=1S/C30H37NO11/c1-19(32)37-18-26-27(39-20(2)33)28(40-21(3)34)29(41-22(4)35)30(42-26)36-16-6-5-7-23-8-10-25(11-9-23)38-17-24-12-14-31-15-13-24/h8-15,26-30H,5-7,16-18H2,1-4H3. The van der Waals surface area contributed by atoms with Gasteiger partial charge in [-0.3, -0.25) is 24.2 Å². The lowest BCUT2D eigenvalue weighted by Crippen LogP contribution is -2.63. The van der Waals surface area contributed by atoms with Crippen molar-refractivity contribution in [3.63, 3.8) is 0 Å². The summed E-state index contributed by atoms with van der Waals surface area (Å²) in [5, 5.41) is 0. The molecule has 2 aromatic rings. The molecule has 12 nitrogen and oxygen atoms in total. The highest BCUT2D eigenvalue weighted by Crippen LogP contribution is 2.30. The fourth-order valence-electron chi connectivity index (χ4n) is 4.35. The molecule has 0 amide bonds. The Kier molecular flexibility index (Phi) is 12.7. The Balaban J connectivity index is 1.58. The lowest BCUT2D eigenvalue weighted by molar-refractivity contribution is -0.308. The molecule has 3 rings (SSSR count). The molecule has 1 fully saturated rings. The minimum absolute atomic E-state index is 0.223. The van der Waals surface area contributed by atoms with Crippen LogP contribution in [-0.2, 0) is 60.6 Å². The Bertz CT molecular complexity index is 1170. The van der Waals surface area contributed by atoms with Crippen LogP contribution in [0.4, 0.5) is 0 Å². The third kappa shape index (κ3) is 10.7. The molecule has 0 bridgehead atoms. The zero-order valence-electron chi connectivity index (χ0n) is 24.2. The van der Waals surface area contributed by atoms with Crippen molar-refractivity contribution in [1.29, 1.82) is 0 Å². The van der Waals surface area contributed by atoms with Crippen LogP contribution in [0, 0.1) is 0 Å². The topological polar surface area (TPSA) is 146 Å². The minimum atomic E-state index is -1.26. The quantitative estimate of drug-likeness (QED) is 0.182. The van der Waals surface area contributed by atoms with Crippen molar-refractivity contribution in [2.24, 2.45) is 0 Å². The molecule has 0 radical (unpaired) electrons. The van der Waals surface area contributed by atoms with Crippen LogP contribution in [0.25, 0.3) is 0 Å².